The maximum Gasteiger partial charge on any atom is 0.185 e. The molecule has 100 valence electrons. The first-order valence-electron chi connectivity index (χ1n) is 7.06. The smallest absolute Gasteiger partial charge is 0.185 e. The third-order valence-electron chi connectivity index (χ3n) is 4.05. The Kier molecular flexibility index (Phi) is 3.32. The van der Waals surface area contributed by atoms with Crippen LogP contribution < -0.4 is 4.90 Å². The predicted octanol–water partition coefficient (Wildman–Crippen LogP) is 3.00. The number of hydrogen-bond donors (Lipinski definition) is 1. The summed E-state index contributed by atoms with van der Waals surface area (Å²) in [6.07, 6.45) is 4.08. The Morgan fingerprint density at radius 3 is 2.67 bits per heavy atom. The lowest BCUT2D eigenvalue weighted by Crippen LogP contribution is -2.38. The largest absolute Gasteiger partial charge is 0.388 e. The van der Waals surface area contributed by atoms with Gasteiger partial charge in [-0.3, -0.25) is 0 Å². The van der Waals surface area contributed by atoms with Crippen molar-refractivity contribution in [2.24, 2.45) is 11.8 Å². The van der Waals surface area contributed by atoms with E-state index in [2.05, 4.69) is 18.7 Å². The van der Waals surface area contributed by atoms with E-state index in [0.29, 0.717) is 0 Å². The molecule has 0 amide bonds. The number of aliphatic hydroxyl groups is 1. The van der Waals surface area contributed by atoms with Gasteiger partial charge in [0.2, 0.25) is 0 Å². The van der Waals surface area contributed by atoms with E-state index in [4.69, 9.17) is 4.98 Å². The van der Waals surface area contributed by atoms with E-state index in [1.807, 2.05) is 0 Å². The molecule has 0 aromatic carbocycles. The van der Waals surface area contributed by atoms with E-state index in [0.717, 1.165) is 59.9 Å². The maximum absolute atomic E-state index is 10.0. The van der Waals surface area contributed by atoms with Crippen molar-refractivity contribution in [3.8, 4) is 0 Å². The molecule has 0 spiro atoms. The third kappa shape index (κ3) is 2.28. The van der Waals surface area contributed by atoms with Gasteiger partial charge < -0.3 is 10.0 Å². The van der Waals surface area contributed by atoms with Gasteiger partial charge >= 0.3 is 0 Å². The minimum absolute atomic E-state index is 0.264. The highest BCUT2D eigenvalue weighted by Crippen LogP contribution is 2.38. The van der Waals surface area contributed by atoms with Crippen LogP contribution in [-0.4, -0.2) is 23.2 Å². The number of thiazole rings is 1. The van der Waals surface area contributed by atoms with Gasteiger partial charge in [0.05, 0.1) is 16.7 Å². The predicted molar refractivity (Wildman–Crippen MR) is 75.2 cm³/mol. The second-order valence-corrected chi connectivity index (χ2v) is 7.08. The van der Waals surface area contributed by atoms with Crippen molar-refractivity contribution in [2.75, 3.05) is 18.0 Å². The number of anilines is 1. The van der Waals surface area contributed by atoms with Gasteiger partial charge in [0, 0.05) is 13.1 Å². The molecule has 3 nitrogen and oxygen atoms in total. The van der Waals surface area contributed by atoms with Crippen LogP contribution >= 0.6 is 11.3 Å². The molecule has 1 fully saturated rings. The van der Waals surface area contributed by atoms with Crippen molar-refractivity contribution in [1.82, 2.24) is 4.98 Å². The molecule has 18 heavy (non-hydrogen) atoms. The van der Waals surface area contributed by atoms with Gasteiger partial charge in [-0.25, -0.2) is 4.98 Å². The van der Waals surface area contributed by atoms with E-state index in [-0.39, 0.29) is 6.10 Å². The number of fused-ring (bicyclic) bond motifs is 1. The van der Waals surface area contributed by atoms with Gasteiger partial charge in [-0.15, -0.1) is 0 Å². The molecule has 1 aromatic heterocycles. The molecule has 1 aliphatic heterocycles. The lowest BCUT2D eigenvalue weighted by atomic mass is 9.92. The Morgan fingerprint density at radius 1 is 1.28 bits per heavy atom. The molecule has 0 radical (unpaired) electrons. The van der Waals surface area contributed by atoms with Gasteiger partial charge in [-0.1, -0.05) is 25.2 Å². The molecule has 3 atom stereocenters. The summed E-state index contributed by atoms with van der Waals surface area (Å²) in [7, 11) is 0. The quantitative estimate of drug-likeness (QED) is 0.849. The van der Waals surface area contributed by atoms with Crippen LogP contribution in [0.1, 0.15) is 49.8 Å². The number of rotatable bonds is 1. The summed E-state index contributed by atoms with van der Waals surface area (Å²) in [6, 6.07) is 0. The minimum Gasteiger partial charge on any atom is -0.388 e. The Balaban J connectivity index is 1.84. The summed E-state index contributed by atoms with van der Waals surface area (Å²) in [5, 5.41) is 11.2. The second-order valence-electron chi connectivity index (χ2n) is 6.07. The Labute approximate surface area is 113 Å². The molecule has 3 unspecified atom stereocenters. The van der Waals surface area contributed by atoms with Crippen molar-refractivity contribution >= 4 is 16.5 Å². The molecule has 1 aromatic rings. The average Bonchev–Trinajstić information content (AvgIpc) is 2.73. The second kappa shape index (κ2) is 4.82. The van der Waals surface area contributed by atoms with Crippen molar-refractivity contribution in [2.45, 2.75) is 45.6 Å². The normalized spacial score (nSPS) is 32.4. The Hall–Kier alpha value is -0.610. The molecule has 4 heteroatoms. The molecular weight excluding hydrogens is 244 g/mol. The molecule has 0 saturated carbocycles. The molecule has 1 aliphatic carbocycles. The van der Waals surface area contributed by atoms with Crippen LogP contribution in [0, 0.1) is 11.8 Å². The zero-order valence-corrected chi connectivity index (χ0v) is 12.0. The fraction of sp³-hybridized carbons (Fsp3) is 0.786. The van der Waals surface area contributed by atoms with E-state index in [1.54, 1.807) is 11.3 Å². The van der Waals surface area contributed by atoms with E-state index < -0.39 is 0 Å². The van der Waals surface area contributed by atoms with Crippen molar-refractivity contribution in [3.05, 3.63) is 10.6 Å². The van der Waals surface area contributed by atoms with Crippen molar-refractivity contribution in [1.29, 1.82) is 0 Å². The summed E-state index contributed by atoms with van der Waals surface area (Å²) >= 11 is 1.72. The number of nitrogens with zero attached hydrogens (tertiary/aromatic N) is 2. The first kappa shape index (κ1) is 12.4. The van der Waals surface area contributed by atoms with E-state index in [1.165, 1.54) is 6.42 Å². The van der Waals surface area contributed by atoms with Gasteiger partial charge in [-0.2, -0.15) is 0 Å². The monoisotopic (exact) mass is 266 g/mol. The molecule has 1 saturated heterocycles. The van der Waals surface area contributed by atoms with Gasteiger partial charge in [0.15, 0.2) is 5.13 Å². The van der Waals surface area contributed by atoms with Crippen LogP contribution in [0.3, 0.4) is 0 Å². The van der Waals surface area contributed by atoms with Gasteiger partial charge in [0.25, 0.3) is 0 Å². The minimum atomic E-state index is -0.264. The van der Waals surface area contributed by atoms with Crippen LogP contribution in [-0.2, 0) is 6.42 Å². The highest BCUT2D eigenvalue weighted by Gasteiger charge is 2.28. The SMILES string of the molecule is CC1CC(C)CN(c2nc3c(s2)C(O)CCC3)C1. The lowest BCUT2D eigenvalue weighted by Gasteiger charge is -2.34. The topological polar surface area (TPSA) is 36.4 Å². The van der Waals surface area contributed by atoms with Crippen LogP contribution in [0.4, 0.5) is 5.13 Å². The summed E-state index contributed by atoms with van der Waals surface area (Å²) in [4.78, 5) is 8.33. The van der Waals surface area contributed by atoms with Crippen molar-refractivity contribution < 1.29 is 5.11 Å². The highest BCUT2D eigenvalue weighted by molar-refractivity contribution is 7.15. The van der Waals surface area contributed by atoms with Gasteiger partial charge in [-0.05, 0) is 37.5 Å². The summed E-state index contributed by atoms with van der Waals surface area (Å²) in [5.74, 6) is 1.50. The maximum atomic E-state index is 10.0. The first-order valence-corrected chi connectivity index (χ1v) is 7.87. The van der Waals surface area contributed by atoms with Crippen LogP contribution in [0.15, 0.2) is 0 Å². The number of aryl methyl sites for hydroxylation is 1. The van der Waals surface area contributed by atoms with Crippen LogP contribution in [0.25, 0.3) is 0 Å². The summed E-state index contributed by atoms with van der Waals surface area (Å²) in [5.41, 5.74) is 1.15. The number of piperidine rings is 1. The average molecular weight is 266 g/mol. The Bertz CT molecular complexity index is 421. The first-order chi connectivity index (χ1) is 8.63. The molecule has 2 heterocycles. The van der Waals surface area contributed by atoms with E-state index in [9.17, 15) is 5.11 Å². The van der Waals surface area contributed by atoms with Crippen LogP contribution in [0.2, 0.25) is 0 Å². The number of hydrogen-bond acceptors (Lipinski definition) is 4. The summed E-state index contributed by atoms with van der Waals surface area (Å²) < 4.78 is 0. The molecule has 1 N–H and O–H groups in total. The molecule has 3 rings (SSSR count). The number of aromatic nitrogens is 1. The zero-order chi connectivity index (χ0) is 12.7. The third-order valence-corrected chi connectivity index (χ3v) is 5.31. The molecular formula is C14H22N2OS. The fourth-order valence-corrected chi connectivity index (χ4v) is 4.49. The number of aliphatic hydroxyl groups excluding tert-OH is 1. The van der Waals surface area contributed by atoms with Gasteiger partial charge in [0.1, 0.15) is 0 Å². The standard InChI is InChI=1S/C14H22N2OS/c1-9-6-10(2)8-16(7-9)14-15-11-4-3-5-12(17)13(11)18-14/h9-10,12,17H,3-8H2,1-2H3. The van der Waals surface area contributed by atoms with E-state index >= 15 is 0 Å². The molecule has 0 bridgehead atoms. The fourth-order valence-electron chi connectivity index (χ4n) is 3.34. The molecule has 2 aliphatic rings. The van der Waals surface area contributed by atoms with Crippen LogP contribution in [0.5, 0.6) is 0 Å². The zero-order valence-electron chi connectivity index (χ0n) is 11.2. The van der Waals surface area contributed by atoms with Crippen molar-refractivity contribution in [3.63, 3.8) is 0 Å². The highest BCUT2D eigenvalue weighted by atomic mass is 32.1. The summed E-state index contributed by atoms with van der Waals surface area (Å²) in [6.45, 7) is 6.88. The lowest BCUT2D eigenvalue weighted by molar-refractivity contribution is 0.160. The Morgan fingerprint density at radius 2 is 2.00 bits per heavy atom.